The van der Waals surface area contributed by atoms with Crippen LogP contribution < -0.4 is 10.6 Å². The van der Waals surface area contributed by atoms with Crippen molar-refractivity contribution in [2.75, 3.05) is 18.0 Å². The average Bonchev–Trinajstić information content (AvgIpc) is 2.79. The number of carbonyl (C=O) groups excluding carboxylic acids is 1. The molecule has 7 nitrogen and oxygen atoms in total. The number of rotatable bonds is 4. The van der Waals surface area contributed by atoms with Crippen LogP contribution in [0.1, 0.15) is 33.7 Å². The summed E-state index contributed by atoms with van der Waals surface area (Å²) in [7, 11) is 0. The molecule has 3 heterocycles. The highest BCUT2D eigenvalue weighted by Gasteiger charge is 2.33. The summed E-state index contributed by atoms with van der Waals surface area (Å²) in [5.74, 6) is -0.128. The summed E-state index contributed by atoms with van der Waals surface area (Å²) in [6.07, 6.45) is 1.31. The van der Waals surface area contributed by atoms with Gasteiger partial charge in [-0.2, -0.15) is 4.98 Å². The summed E-state index contributed by atoms with van der Waals surface area (Å²) in [5.41, 5.74) is 0.462. The molecule has 1 aromatic carbocycles. The zero-order chi connectivity index (χ0) is 24.7. The Balaban J connectivity index is 1.93. The highest BCUT2D eigenvalue weighted by Crippen LogP contribution is 2.35. The Morgan fingerprint density at radius 3 is 2.56 bits per heavy atom. The van der Waals surface area contributed by atoms with E-state index in [-0.39, 0.29) is 40.3 Å². The zero-order valence-corrected chi connectivity index (χ0v) is 20.4. The molecule has 1 saturated heterocycles. The summed E-state index contributed by atoms with van der Waals surface area (Å²) in [6.45, 7) is 12.2. The first-order valence-corrected chi connectivity index (χ1v) is 11.6. The van der Waals surface area contributed by atoms with Crippen molar-refractivity contribution in [3.05, 3.63) is 64.3 Å². The van der Waals surface area contributed by atoms with Crippen molar-refractivity contribution >= 4 is 34.4 Å². The molecule has 3 aromatic rings. The van der Waals surface area contributed by atoms with Gasteiger partial charge in [-0.25, -0.2) is 14.2 Å². The first-order valence-electron chi connectivity index (χ1n) is 11.2. The molecule has 4 rings (SSSR count). The number of nitrogens with zero attached hydrogens (tertiary/aromatic N) is 5. The Kier molecular flexibility index (Phi) is 6.45. The molecule has 0 unspecified atom stereocenters. The quantitative estimate of drug-likeness (QED) is 0.513. The predicted octanol–water partition coefficient (Wildman–Crippen LogP) is 4.44. The second-order valence-electron chi connectivity index (χ2n) is 8.90. The third kappa shape index (κ3) is 4.07. The SMILES string of the molecule is C=CC(=O)N1C[C@H](C)N(c2nc(=O)n(C(C)C)c3nc(-c4ccccc4F)c(Cl)cc23)C[C@H]1C. The van der Waals surface area contributed by atoms with Gasteiger partial charge in [-0.1, -0.05) is 30.3 Å². The molecule has 2 aromatic heterocycles. The van der Waals surface area contributed by atoms with Crippen molar-refractivity contribution in [1.82, 2.24) is 19.4 Å². The van der Waals surface area contributed by atoms with E-state index in [1.165, 1.54) is 16.7 Å². The summed E-state index contributed by atoms with van der Waals surface area (Å²) in [5, 5.41) is 0.858. The molecule has 0 radical (unpaired) electrons. The van der Waals surface area contributed by atoms with Crippen LogP contribution in [0.15, 0.2) is 47.8 Å². The molecule has 1 amide bonds. The van der Waals surface area contributed by atoms with Crippen molar-refractivity contribution in [2.24, 2.45) is 0 Å². The molecule has 0 bridgehead atoms. The van der Waals surface area contributed by atoms with Crippen molar-refractivity contribution in [1.29, 1.82) is 0 Å². The number of amides is 1. The monoisotopic (exact) mass is 483 g/mol. The third-order valence-electron chi connectivity index (χ3n) is 6.19. The van der Waals surface area contributed by atoms with Gasteiger partial charge in [0.1, 0.15) is 17.3 Å². The molecule has 0 aliphatic carbocycles. The van der Waals surface area contributed by atoms with Crippen LogP contribution in [0, 0.1) is 5.82 Å². The summed E-state index contributed by atoms with van der Waals surface area (Å²) < 4.78 is 16.1. The van der Waals surface area contributed by atoms with Crippen molar-refractivity contribution in [3.63, 3.8) is 0 Å². The maximum absolute atomic E-state index is 14.6. The van der Waals surface area contributed by atoms with Gasteiger partial charge in [0, 0.05) is 36.8 Å². The van der Waals surface area contributed by atoms with Gasteiger partial charge in [-0.05, 0) is 52.0 Å². The lowest BCUT2D eigenvalue weighted by molar-refractivity contribution is -0.128. The van der Waals surface area contributed by atoms with Crippen LogP contribution >= 0.6 is 11.6 Å². The number of fused-ring (bicyclic) bond motifs is 1. The Hall–Kier alpha value is -3.26. The van der Waals surface area contributed by atoms with E-state index in [2.05, 4.69) is 11.6 Å². The number of benzene rings is 1. The van der Waals surface area contributed by atoms with E-state index >= 15 is 0 Å². The molecule has 9 heteroatoms. The first kappa shape index (κ1) is 23.9. The van der Waals surface area contributed by atoms with Gasteiger partial charge in [-0.15, -0.1) is 0 Å². The number of hydrogen-bond acceptors (Lipinski definition) is 5. The van der Waals surface area contributed by atoms with E-state index in [4.69, 9.17) is 16.6 Å². The van der Waals surface area contributed by atoms with E-state index in [0.29, 0.717) is 29.9 Å². The molecule has 1 aliphatic heterocycles. The lowest BCUT2D eigenvalue weighted by Crippen LogP contribution is -2.58. The fourth-order valence-corrected chi connectivity index (χ4v) is 4.75. The van der Waals surface area contributed by atoms with Crippen LogP contribution in [-0.4, -0.2) is 50.5 Å². The van der Waals surface area contributed by atoms with Gasteiger partial charge in [0.2, 0.25) is 5.91 Å². The molecule has 34 heavy (non-hydrogen) atoms. The Labute approximate surface area is 202 Å². The number of piperazine rings is 1. The van der Waals surface area contributed by atoms with Crippen LogP contribution in [0.25, 0.3) is 22.3 Å². The molecule has 178 valence electrons. The Bertz CT molecular complexity index is 1340. The summed E-state index contributed by atoms with van der Waals surface area (Å²) in [6, 6.07) is 7.50. The molecular weight excluding hydrogens is 457 g/mol. The predicted molar refractivity (Wildman–Crippen MR) is 133 cm³/mol. The van der Waals surface area contributed by atoms with Gasteiger partial charge in [0.05, 0.1) is 16.1 Å². The van der Waals surface area contributed by atoms with E-state index in [1.54, 1.807) is 29.2 Å². The molecule has 1 fully saturated rings. The first-order chi connectivity index (χ1) is 16.1. The van der Waals surface area contributed by atoms with Crippen molar-refractivity contribution in [3.8, 4) is 11.3 Å². The third-order valence-corrected chi connectivity index (χ3v) is 6.48. The van der Waals surface area contributed by atoms with E-state index in [0.717, 1.165) is 0 Å². The summed E-state index contributed by atoms with van der Waals surface area (Å²) >= 11 is 6.61. The largest absolute Gasteiger partial charge is 0.351 e. The smallest absolute Gasteiger partial charge is 0.349 e. The fourth-order valence-electron chi connectivity index (χ4n) is 4.50. The number of aromatic nitrogens is 3. The van der Waals surface area contributed by atoms with Crippen molar-refractivity contribution < 1.29 is 9.18 Å². The van der Waals surface area contributed by atoms with Crippen LogP contribution in [0.2, 0.25) is 5.02 Å². The molecule has 0 spiro atoms. The molecule has 0 N–H and O–H groups in total. The van der Waals surface area contributed by atoms with Crippen LogP contribution in [0.3, 0.4) is 0 Å². The number of anilines is 1. The Morgan fingerprint density at radius 1 is 1.21 bits per heavy atom. The van der Waals surface area contributed by atoms with Gasteiger partial charge in [0.15, 0.2) is 0 Å². The molecule has 1 aliphatic rings. The molecular formula is C25H27ClFN5O2. The van der Waals surface area contributed by atoms with E-state index < -0.39 is 11.5 Å². The number of carbonyl (C=O) groups is 1. The van der Waals surface area contributed by atoms with E-state index in [1.807, 2.05) is 32.6 Å². The fraction of sp³-hybridized carbons (Fsp3) is 0.360. The van der Waals surface area contributed by atoms with Gasteiger partial charge >= 0.3 is 5.69 Å². The second kappa shape index (κ2) is 9.18. The van der Waals surface area contributed by atoms with Crippen LogP contribution in [0.5, 0.6) is 0 Å². The molecule has 0 saturated carbocycles. The lowest BCUT2D eigenvalue weighted by atomic mass is 10.1. The number of hydrogen-bond donors (Lipinski definition) is 0. The topological polar surface area (TPSA) is 71.3 Å². The minimum atomic E-state index is -0.450. The van der Waals surface area contributed by atoms with Gasteiger partial charge in [0.25, 0.3) is 0 Å². The molecule has 2 atom stereocenters. The maximum Gasteiger partial charge on any atom is 0.351 e. The highest BCUT2D eigenvalue weighted by atomic mass is 35.5. The maximum atomic E-state index is 14.6. The minimum absolute atomic E-state index is 0.116. The highest BCUT2D eigenvalue weighted by molar-refractivity contribution is 6.33. The standard InChI is InChI=1S/C25H27ClFN5O2/c1-6-21(33)30-12-16(5)31(13-15(30)4)23-18-11-19(26)22(17-9-7-8-10-20(17)27)28-24(18)32(14(2)3)25(34)29-23/h6-11,14-16H,1,12-13H2,2-5H3/t15-,16+/m1/s1. The zero-order valence-electron chi connectivity index (χ0n) is 19.6. The normalized spacial score (nSPS) is 18.6. The number of pyridine rings is 1. The van der Waals surface area contributed by atoms with Crippen LogP contribution in [-0.2, 0) is 4.79 Å². The lowest BCUT2D eigenvalue weighted by Gasteiger charge is -2.44. The summed E-state index contributed by atoms with van der Waals surface area (Å²) in [4.78, 5) is 38.3. The average molecular weight is 484 g/mol. The van der Waals surface area contributed by atoms with Gasteiger partial charge in [-0.3, -0.25) is 9.36 Å². The second-order valence-corrected chi connectivity index (χ2v) is 9.30. The van der Waals surface area contributed by atoms with Crippen LogP contribution in [0.4, 0.5) is 10.2 Å². The Morgan fingerprint density at radius 2 is 1.91 bits per heavy atom. The van der Waals surface area contributed by atoms with Crippen molar-refractivity contribution in [2.45, 2.75) is 45.8 Å². The number of halogens is 2. The minimum Gasteiger partial charge on any atom is -0.349 e. The van der Waals surface area contributed by atoms with E-state index in [9.17, 15) is 14.0 Å². The van der Waals surface area contributed by atoms with Gasteiger partial charge < -0.3 is 9.80 Å².